The first-order valence-electron chi connectivity index (χ1n) is 14.2. The van der Waals surface area contributed by atoms with Crippen molar-refractivity contribution in [1.29, 1.82) is 0 Å². The lowest BCUT2D eigenvalue weighted by atomic mass is 9.96. The molecular formula is C39H24N2O. The minimum atomic E-state index is 0.822. The zero-order valence-corrected chi connectivity index (χ0v) is 22.7. The van der Waals surface area contributed by atoms with E-state index in [0.717, 1.165) is 50.7 Å². The fourth-order valence-electron chi connectivity index (χ4n) is 6.30. The fraction of sp³-hybridized carbons (Fsp3) is 0. The summed E-state index contributed by atoms with van der Waals surface area (Å²) in [5, 5.41) is 4.92. The molecule has 196 valence electrons. The first kappa shape index (κ1) is 23.1. The summed E-state index contributed by atoms with van der Waals surface area (Å²) in [6.45, 7) is 0. The standard InChI is InChI=1S/C39H24N2O/c1-2-9-26(10-3-1)39-40-34-13-7-15-36-37(34)41(39)35-14-6-12-33(38(35)42-36)32-21-20-30-23-29(18-19-31(30)24-32)28-17-16-25-8-4-5-11-27(25)22-28/h1-24H. The van der Waals surface area contributed by atoms with Gasteiger partial charge in [0.1, 0.15) is 11.3 Å². The Bertz CT molecular complexity index is 2330. The fourth-order valence-corrected chi connectivity index (χ4v) is 6.30. The maximum absolute atomic E-state index is 6.65. The second-order valence-corrected chi connectivity index (χ2v) is 10.9. The molecule has 3 nitrogen and oxygen atoms in total. The average Bonchev–Trinajstić information content (AvgIpc) is 3.45. The van der Waals surface area contributed by atoms with Crippen LogP contribution < -0.4 is 4.74 Å². The van der Waals surface area contributed by atoms with Gasteiger partial charge in [0.05, 0.1) is 11.2 Å². The van der Waals surface area contributed by atoms with Crippen molar-refractivity contribution >= 4 is 32.6 Å². The van der Waals surface area contributed by atoms with Crippen LogP contribution in [-0.4, -0.2) is 9.55 Å². The van der Waals surface area contributed by atoms with Crippen LogP contribution >= 0.6 is 0 Å². The molecule has 0 unspecified atom stereocenters. The molecule has 2 heterocycles. The van der Waals surface area contributed by atoms with Crippen LogP contribution in [0.5, 0.6) is 11.5 Å². The van der Waals surface area contributed by atoms with Gasteiger partial charge in [0.15, 0.2) is 11.5 Å². The molecule has 8 aromatic rings. The minimum Gasteiger partial charge on any atom is -0.452 e. The monoisotopic (exact) mass is 536 g/mol. The Hall–Kier alpha value is -5.67. The quantitative estimate of drug-likeness (QED) is 0.225. The third-order valence-corrected chi connectivity index (χ3v) is 8.35. The van der Waals surface area contributed by atoms with Crippen LogP contribution in [0, 0.1) is 0 Å². The third-order valence-electron chi connectivity index (χ3n) is 8.35. The summed E-state index contributed by atoms with van der Waals surface area (Å²) in [7, 11) is 0. The molecule has 7 aromatic carbocycles. The number of ether oxygens (including phenoxy) is 1. The van der Waals surface area contributed by atoms with Crippen molar-refractivity contribution < 1.29 is 4.74 Å². The zero-order valence-electron chi connectivity index (χ0n) is 22.7. The summed E-state index contributed by atoms with van der Waals surface area (Å²) in [6, 6.07) is 51.4. The highest BCUT2D eigenvalue weighted by molar-refractivity contribution is 5.96. The van der Waals surface area contributed by atoms with Gasteiger partial charge >= 0.3 is 0 Å². The topological polar surface area (TPSA) is 27.1 Å². The summed E-state index contributed by atoms with van der Waals surface area (Å²) in [4.78, 5) is 5.03. The van der Waals surface area contributed by atoms with E-state index in [1.807, 2.05) is 18.2 Å². The third kappa shape index (κ3) is 3.50. The van der Waals surface area contributed by atoms with Gasteiger partial charge in [-0.15, -0.1) is 0 Å². The second kappa shape index (κ2) is 8.92. The van der Waals surface area contributed by atoms with E-state index >= 15 is 0 Å². The number of hydrogen-bond acceptors (Lipinski definition) is 2. The first-order chi connectivity index (χ1) is 20.8. The van der Waals surface area contributed by atoms with E-state index in [-0.39, 0.29) is 0 Å². The number of aromatic nitrogens is 2. The molecule has 9 rings (SSSR count). The van der Waals surface area contributed by atoms with Crippen molar-refractivity contribution in [2.45, 2.75) is 0 Å². The molecule has 1 aliphatic heterocycles. The smallest absolute Gasteiger partial charge is 0.159 e. The van der Waals surface area contributed by atoms with Gasteiger partial charge in [-0.1, -0.05) is 109 Å². The van der Waals surface area contributed by atoms with Crippen molar-refractivity contribution in [2.75, 3.05) is 0 Å². The highest BCUT2D eigenvalue weighted by Gasteiger charge is 2.27. The van der Waals surface area contributed by atoms with Crippen molar-refractivity contribution in [3.8, 4) is 50.8 Å². The lowest BCUT2D eigenvalue weighted by molar-refractivity contribution is 0.477. The Morgan fingerprint density at radius 3 is 1.93 bits per heavy atom. The van der Waals surface area contributed by atoms with Gasteiger partial charge < -0.3 is 4.74 Å². The molecule has 0 N–H and O–H groups in total. The predicted octanol–water partition coefficient (Wildman–Crippen LogP) is 10.4. The molecule has 0 aliphatic carbocycles. The van der Waals surface area contributed by atoms with Crippen LogP contribution in [0.3, 0.4) is 0 Å². The molecule has 3 heteroatoms. The van der Waals surface area contributed by atoms with Gasteiger partial charge in [-0.05, 0) is 74.6 Å². The van der Waals surface area contributed by atoms with Gasteiger partial charge in [0, 0.05) is 11.1 Å². The summed E-state index contributed by atoms with van der Waals surface area (Å²) >= 11 is 0. The maximum atomic E-state index is 6.65. The van der Waals surface area contributed by atoms with E-state index in [9.17, 15) is 0 Å². The van der Waals surface area contributed by atoms with Gasteiger partial charge in [0.2, 0.25) is 0 Å². The highest BCUT2D eigenvalue weighted by Crippen LogP contribution is 2.47. The number of nitrogens with zero attached hydrogens (tertiary/aromatic N) is 2. The Labute approximate surface area is 242 Å². The van der Waals surface area contributed by atoms with Crippen molar-refractivity contribution in [2.24, 2.45) is 0 Å². The van der Waals surface area contributed by atoms with Crippen LogP contribution in [0.2, 0.25) is 0 Å². The Kier molecular flexibility index (Phi) is 4.90. The predicted molar refractivity (Wildman–Crippen MR) is 172 cm³/mol. The van der Waals surface area contributed by atoms with Crippen molar-refractivity contribution in [3.63, 3.8) is 0 Å². The van der Waals surface area contributed by atoms with Crippen LogP contribution in [-0.2, 0) is 0 Å². The zero-order chi connectivity index (χ0) is 27.6. The molecule has 1 aromatic heterocycles. The van der Waals surface area contributed by atoms with Crippen molar-refractivity contribution in [1.82, 2.24) is 9.55 Å². The number of hydrogen-bond donors (Lipinski definition) is 0. The normalized spacial score (nSPS) is 12.0. The van der Waals surface area contributed by atoms with Crippen LogP contribution in [0.4, 0.5) is 0 Å². The molecule has 0 fully saturated rings. The molecule has 0 amide bonds. The Morgan fingerprint density at radius 2 is 1.12 bits per heavy atom. The summed E-state index contributed by atoms with van der Waals surface area (Å²) in [6.07, 6.45) is 0. The number of benzene rings is 7. The Morgan fingerprint density at radius 1 is 0.476 bits per heavy atom. The molecule has 0 radical (unpaired) electrons. The SMILES string of the molecule is c1ccc(-c2nc3cccc4c3n2-c2cccc(-c3ccc5cc(-c6ccc7ccccc7c6)ccc5c3)c2O4)cc1. The molecule has 0 saturated carbocycles. The van der Waals surface area contributed by atoms with E-state index in [0.29, 0.717) is 0 Å². The molecule has 0 atom stereocenters. The van der Waals surface area contributed by atoms with E-state index in [4.69, 9.17) is 9.72 Å². The van der Waals surface area contributed by atoms with E-state index < -0.39 is 0 Å². The lowest BCUT2D eigenvalue weighted by Crippen LogP contribution is -2.06. The number of para-hydroxylation sites is 2. The van der Waals surface area contributed by atoms with Crippen molar-refractivity contribution in [3.05, 3.63) is 146 Å². The maximum Gasteiger partial charge on any atom is 0.159 e. The van der Waals surface area contributed by atoms with Crippen LogP contribution in [0.1, 0.15) is 0 Å². The number of imidazole rings is 1. The summed E-state index contributed by atoms with van der Waals surface area (Å²) < 4.78 is 8.90. The molecule has 0 bridgehead atoms. The van der Waals surface area contributed by atoms with Crippen LogP contribution in [0.25, 0.3) is 71.9 Å². The first-order valence-corrected chi connectivity index (χ1v) is 14.2. The summed E-state index contributed by atoms with van der Waals surface area (Å²) in [5.41, 5.74) is 8.62. The molecule has 1 aliphatic rings. The molecule has 42 heavy (non-hydrogen) atoms. The number of rotatable bonds is 3. The Balaban J connectivity index is 1.17. The van der Waals surface area contributed by atoms with E-state index in [1.165, 1.54) is 32.7 Å². The van der Waals surface area contributed by atoms with E-state index in [1.54, 1.807) is 0 Å². The average molecular weight is 537 g/mol. The van der Waals surface area contributed by atoms with Gasteiger partial charge in [-0.25, -0.2) is 4.98 Å². The van der Waals surface area contributed by atoms with Gasteiger partial charge in [-0.3, -0.25) is 4.57 Å². The molecular weight excluding hydrogens is 512 g/mol. The summed E-state index contributed by atoms with van der Waals surface area (Å²) in [5.74, 6) is 2.59. The van der Waals surface area contributed by atoms with Gasteiger partial charge in [0.25, 0.3) is 0 Å². The minimum absolute atomic E-state index is 0.822. The van der Waals surface area contributed by atoms with Gasteiger partial charge in [-0.2, -0.15) is 0 Å². The van der Waals surface area contributed by atoms with E-state index in [2.05, 4.69) is 132 Å². The largest absolute Gasteiger partial charge is 0.452 e. The highest BCUT2D eigenvalue weighted by atomic mass is 16.5. The molecule has 0 saturated heterocycles. The second-order valence-electron chi connectivity index (χ2n) is 10.9. The number of fused-ring (bicyclic) bond motifs is 4. The van der Waals surface area contributed by atoms with Crippen LogP contribution in [0.15, 0.2) is 146 Å². The lowest BCUT2D eigenvalue weighted by Gasteiger charge is -2.23. The molecule has 0 spiro atoms.